The molecular formula is C30H34N2O3S2. The van der Waals surface area contributed by atoms with Crippen LogP contribution >= 0.6 is 23.6 Å². The van der Waals surface area contributed by atoms with E-state index in [4.69, 9.17) is 17.0 Å². The van der Waals surface area contributed by atoms with Crippen molar-refractivity contribution in [3.05, 3.63) is 87.8 Å². The summed E-state index contributed by atoms with van der Waals surface area (Å²) in [6, 6.07) is 19.9. The third kappa shape index (κ3) is 5.05. The molecular weight excluding hydrogens is 500 g/mol. The number of aliphatic hydroxyl groups is 1. The third-order valence-corrected chi connectivity index (χ3v) is 9.45. The Hall–Kier alpha value is -2.74. The lowest BCUT2D eigenvalue weighted by molar-refractivity contribution is -0.00631. The number of carbonyl (C=O) groups is 1. The lowest BCUT2D eigenvalue weighted by atomic mass is 9.72. The van der Waals surface area contributed by atoms with Gasteiger partial charge in [-0.15, -0.1) is 11.3 Å². The highest BCUT2D eigenvalue weighted by Crippen LogP contribution is 2.43. The van der Waals surface area contributed by atoms with Gasteiger partial charge in [0, 0.05) is 18.0 Å². The minimum absolute atomic E-state index is 0.0533. The number of likely N-dealkylation sites (tertiary alicyclic amines) is 1. The van der Waals surface area contributed by atoms with E-state index >= 15 is 0 Å². The number of hydrogen-bond donors (Lipinski definition) is 2. The maximum Gasteiger partial charge on any atom is 0.341 e. The molecule has 5 nitrogen and oxygen atoms in total. The highest BCUT2D eigenvalue weighted by atomic mass is 32.1. The van der Waals surface area contributed by atoms with Crippen LogP contribution in [0.5, 0.6) is 0 Å². The van der Waals surface area contributed by atoms with Crippen LogP contribution in [-0.2, 0) is 23.2 Å². The Kier molecular flexibility index (Phi) is 7.65. The predicted molar refractivity (Wildman–Crippen MR) is 153 cm³/mol. The Morgan fingerprint density at radius 2 is 1.65 bits per heavy atom. The quantitative estimate of drug-likeness (QED) is 0.309. The van der Waals surface area contributed by atoms with Gasteiger partial charge in [0.15, 0.2) is 5.11 Å². The van der Waals surface area contributed by atoms with Crippen LogP contribution in [0.1, 0.15) is 58.1 Å². The van der Waals surface area contributed by atoms with Crippen LogP contribution in [-0.4, -0.2) is 41.3 Å². The van der Waals surface area contributed by atoms with Crippen molar-refractivity contribution in [1.29, 1.82) is 0 Å². The van der Waals surface area contributed by atoms with Crippen molar-refractivity contribution < 1.29 is 14.6 Å². The lowest BCUT2D eigenvalue weighted by Gasteiger charge is -2.43. The normalized spacial score (nSPS) is 18.2. The molecule has 1 saturated heterocycles. The fraction of sp³-hybridized carbons (Fsp3) is 0.400. The summed E-state index contributed by atoms with van der Waals surface area (Å²) < 4.78 is 5.13. The number of ether oxygens (including phenoxy) is 1. The van der Waals surface area contributed by atoms with Crippen molar-refractivity contribution in [1.82, 2.24) is 4.90 Å². The molecule has 1 atom stereocenters. The first-order valence-corrected chi connectivity index (χ1v) is 14.3. The average molecular weight is 535 g/mol. The van der Waals surface area contributed by atoms with Crippen molar-refractivity contribution in [2.75, 3.05) is 25.5 Å². The average Bonchev–Trinajstić information content (AvgIpc) is 3.29. The highest BCUT2D eigenvalue weighted by Gasteiger charge is 2.42. The van der Waals surface area contributed by atoms with Gasteiger partial charge in [0.05, 0.1) is 12.7 Å². The summed E-state index contributed by atoms with van der Waals surface area (Å²) in [5.74, 6) is 0.368. The number of carbonyl (C=O) groups excluding carboxylic acids is 1. The Morgan fingerprint density at radius 3 is 2.22 bits per heavy atom. The summed E-state index contributed by atoms with van der Waals surface area (Å²) in [5.41, 5.74) is 2.54. The smallest absolute Gasteiger partial charge is 0.341 e. The Bertz CT molecular complexity index is 1210. The molecule has 3 aromatic rings. The van der Waals surface area contributed by atoms with E-state index in [1.807, 2.05) is 60.7 Å². The standard InChI is InChI=1S/C30H34N2O3S2/c1-20-13-14-24-25(19-20)37-27(26(24)28(33)35-2)31-29(36)32-17-15-23(16-18-32)30(34,21-9-5-3-6-10-21)22-11-7-4-8-12-22/h3-12,20,23,34H,13-19H2,1-2H3,(H,31,36)/t20-/m1/s1. The largest absolute Gasteiger partial charge is 0.465 e. The molecule has 1 aliphatic carbocycles. The van der Waals surface area contributed by atoms with Crippen LogP contribution in [0.15, 0.2) is 60.7 Å². The topological polar surface area (TPSA) is 61.8 Å². The van der Waals surface area contributed by atoms with E-state index in [0.29, 0.717) is 16.6 Å². The Morgan fingerprint density at radius 1 is 1.05 bits per heavy atom. The number of piperidine rings is 1. The number of rotatable bonds is 5. The van der Waals surface area contributed by atoms with Crippen LogP contribution in [0.4, 0.5) is 5.00 Å². The highest BCUT2D eigenvalue weighted by molar-refractivity contribution is 7.80. The predicted octanol–water partition coefficient (Wildman–Crippen LogP) is 6.00. The number of methoxy groups -OCH3 is 1. The molecule has 1 aromatic heterocycles. The maximum absolute atomic E-state index is 12.7. The van der Waals surface area contributed by atoms with Gasteiger partial charge < -0.3 is 20.1 Å². The summed E-state index contributed by atoms with van der Waals surface area (Å²) in [5, 5.41) is 17.0. The number of anilines is 1. The van der Waals surface area contributed by atoms with E-state index in [9.17, 15) is 9.90 Å². The second kappa shape index (κ2) is 10.9. The zero-order chi connectivity index (χ0) is 26.0. The van der Waals surface area contributed by atoms with Crippen molar-refractivity contribution in [3.8, 4) is 0 Å². The van der Waals surface area contributed by atoms with Crippen molar-refractivity contribution in [2.45, 2.75) is 44.6 Å². The fourth-order valence-corrected chi connectivity index (χ4v) is 7.60. The monoisotopic (exact) mass is 534 g/mol. The van der Waals surface area contributed by atoms with E-state index < -0.39 is 5.60 Å². The number of nitrogens with zero attached hydrogens (tertiary/aromatic N) is 1. The van der Waals surface area contributed by atoms with Gasteiger partial charge in [-0.3, -0.25) is 0 Å². The molecule has 1 fully saturated rings. The summed E-state index contributed by atoms with van der Waals surface area (Å²) in [4.78, 5) is 16.1. The molecule has 2 N–H and O–H groups in total. The number of fused-ring (bicyclic) bond motifs is 1. The first-order chi connectivity index (χ1) is 17.9. The number of esters is 1. The van der Waals surface area contributed by atoms with Gasteiger partial charge in [0.25, 0.3) is 0 Å². The number of benzene rings is 2. The van der Waals surface area contributed by atoms with Gasteiger partial charge in [-0.1, -0.05) is 67.6 Å². The molecule has 1 aliphatic heterocycles. The van der Waals surface area contributed by atoms with Gasteiger partial charge >= 0.3 is 5.97 Å². The van der Waals surface area contributed by atoms with Crippen molar-refractivity contribution in [3.63, 3.8) is 0 Å². The van der Waals surface area contributed by atoms with Gasteiger partial charge in [0.2, 0.25) is 0 Å². The zero-order valence-electron chi connectivity index (χ0n) is 21.4. The van der Waals surface area contributed by atoms with Gasteiger partial charge in [-0.25, -0.2) is 4.79 Å². The molecule has 0 unspecified atom stereocenters. The molecule has 0 spiro atoms. The molecule has 2 heterocycles. The molecule has 2 aliphatic rings. The van der Waals surface area contributed by atoms with Gasteiger partial charge in [-0.05, 0) is 72.8 Å². The summed E-state index contributed by atoms with van der Waals surface area (Å²) >= 11 is 7.46. The van der Waals surface area contributed by atoms with Crippen molar-refractivity contribution >= 4 is 39.6 Å². The first-order valence-electron chi connectivity index (χ1n) is 13.0. The third-order valence-electron chi connectivity index (χ3n) is 7.92. The minimum Gasteiger partial charge on any atom is -0.465 e. The van der Waals surface area contributed by atoms with Crippen LogP contribution < -0.4 is 5.32 Å². The van der Waals surface area contributed by atoms with E-state index in [1.165, 1.54) is 12.0 Å². The molecule has 5 rings (SSSR count). The van der Waals surface area contributed by atoms with Crippen LogP contribution in [0, 0.1) is 11.8 Å². The van der Waals surface area contributed by atoms with E-state index in [0.717, 1.165) is 66.9 Å². The van der Waals surface area contributed by atoms with Gasteiger partial charge in [-0.2, -0.15) is 0 Å². The maximum atomic E-state index is 12.7. The van der Waals surface area contributed by atoms with E-state index in [1.54, 1.807) is 11.3 Å². The zero-order valence-corrected chi connectivity index (χ0v) is 23.0. The second-order valence-electron chi connectivity index (χ2n) is 10.2. The Balaban J connectivity index is 1.33. The van der Waals surface area contributed by atoms with Crippen molar-refractivity contribution in [2.24, 2.45) is 11.8 Å². The van der Waals surface area contributed by atoms with Crippen LogP contribution in [0.25, 0.3) is 0 Å². The molecule has 2 aromatic carbocycles. The van der Waals surface area contributed by atoms with Gasteiger partial charge in [0.1, 0.15) is 10.6 Å². The molecule has 0 saturated carbocycles. The number of thiocarbonyl (C=S) groups is 1. The van der Waals surface area contributed by atoms with E-state index in [2.05, 4.69) is 17.1 Å². The van der Waals surface area contributed by atoms with Crippen LogP contribution in [0.2, 0.25) is 0 Å². The van der Waals surface area contributed by atoms with Crippen LogP contribution in [0.3, 0.4) is 0 Å². The summed E-state index contributed by atoms with van der Waals surface area (Å²) in [6.07, 6.45) is 4.56. The second-order valence-corrected chi connectivity index (χ2v) is 11.7. The number of nitrogens with one attached hydrogen (secondary N) is 1. The number of hydrogen-bond acceptors (Lipinski definition) is 5. The minimum atomic E-state index is -1.06. The SMILES string of the molecule is COC(=O)c1c(NC(=S)N2CCC(C(O)(c3ccccc3)c3ccccc3)CC2)sc2c1CC[C@@H](C)C2. The molecule has 194 valence electrons. The summed E-state index contributed by atoms with van der Waals surface area (Å²) in [7, 11) is 1.44. The number of thiophene rings is 1. The molecule has 0 radical (unpaired) electrons. The molecule has 0 amide bonds. The molecule has 7 heteroatoms. The molecule has 37 heavy (non-hydrogen) atoms. The Labute approximate surface area is 228 Å². The lowest BCUT2D eigenvalue weighted by Crippen LogP contribution is -2.47. The van der Waals surface area contributed by atoms with E-state index in [-0.39, 0.29) is 11.9 Å². The fourth-order valence-electron chi connectivity index (χ4n) is 5.86. The summed E-state index contributed by atoms with van der Waals surface area (Å²) in [6.45, 7) is 3.72. The first kappa shape index (κ1) is 25.9. The molecule has 0 bridgehead atoms.